The van der Waals surface area contributed by atoms with E-state index >= 15 is 0 Å². The van der Waals surface area contributed by atoms with E-state index in [-0.39, 0.29) is 0 Å². The summed E-state index contributed by atoms with van der Waals surface area (Å²) in [5, 5.41) is 1.93. The van der Waals surface area contributed by atoms with Gasteiger partial charge in [-0.25, -0.2) is 0 Å². The van der Waals surface area contributed by atoms with Crippen LogP contribution in [0.1, 0.15) is 15.9 Å². The molecule has 3 aromatic carbocycles. The highest BCUT2D eigenvalue weighted by Crippen LogP contribution is 2.35. The van der Waals surface area contributed by atoms with Crippen LogP contribution in [0.2, 0.25) is 0 Å². The fourth-order valence-electron chi connectivity index (χ4n) is 2.94. The van der Waals surface area contributed by atoms with Gasteiger partial charge in [0.05, 0.1) is 14.2 Å². The summed E-state index contributed by atoms with van der Waals surface area (Å²) >= 11 is 0. The second kappa shape index (κ2) is 6.13. The Bertz CT molecular complexity index is 864. The Kier molecular flexibility index (Phi) is 4.02. The number of carbonyl (C=O) groups excluding carboxylic acids is 1. The van der Waals surface area contributed by atoms with Gasteiger partial charge in [-0.1, -0.05) is 24.3 Å². The molecule has 0 fully saturated rings. The Morgan fingerprint density at radius 3 is 2.13 bits per heavy atom. The molecule has 0 aliphatic rings. The predicted octanol–water partition coefficient (Wildman–Crippen LogP) is 4.64. The van der Waals surface area contributed by atoms with Crippen molar-refractivity contribution in [3.63, 3.8) is 0 Å². The SMILES string of the molecule is COc1ccc(-c2c(C)cc3ccc(OC)cc3c2C=O)cc1. The third-order valence-electron chi connectivity index (χ3n) is 4.08. The lowest BCUT2D eigenvalue weighted by atomic mass is 9.90. The van der Waals surface area contributed by atoms with Crippen molar-refractivity contribution >= 4 is 17.1 Å². The van der Waals surface area contributed by atoms with E-state index in [1.54, 1.807) is 14.2 Å². The van der Waals surface area contributed by atoms with Crippen molar-refractivity contribution in [1.29, 1.82) is 0 Å². The van der Waals surface area contributed by atoms with Crippen molar-refractivity contribution in [2.45, 2.75) is 6.92 Å². The fourth-order valence-corrected chi connectivity index (χ4v) is 2.94. The molecule has 0 aliphatic carbocycles. The van der Waals surface area contributed by atoms with Crippen LogP contribution < -0.4 is 9.47 Å². The number of hydrogen-bond donors (Lipinski definition) is 0. The third kappa shape index (κ3) is 2.66. The molecule has 3 rings (SSSR count). The minimum Gasteiger partial charge on any atom is -0.497 e. The molecule has 0 radical (unpaired) electrons. The normalized spacial score (nSPS) is 10.6. The summed E-state index contributed by atoms with van der Waals surface area (Å²) < 4.78 is 10.5. The van der Waals surface area contributed by atoms with Crippen molar-refractivity contribution < 1.29 is 14.3 Å². The van der Waals surface area contributed by atoms with Crippen molar-refractivity contribution in [2.24, 2.45) is 0 Å². The largest absolute Gasteiger partial charge is 0.497 e. The molecular formula is C20H18O3. The van der Waals surface area contributed by atoms with Gasteiger partial charge in [-0.05, 0) is 58.7 Å². The summed E-state index contributed by atoms with van der Waals surface area (Å²) in [6, 6.07) is 15.6. The van der Waals surface area contributed by atoms with E-state index in [9.17, 15) is 4.79 Å². The maximum absolute atomic E-state index is 11.8. The Balaban J connectivity index is 2.29. The molecule has 0 aromatic heterocycles. The number of aryl methyl sites for hydroxylation is 1. The highest BCUT2D eigenvalue weighted by molar-refractivity contribution is 6.06. The summed E-state index contributed by atoms with van der Waals surface area (Å²) in [6.07, 6.45) is 0.925. The lowest BCUT2D eigenvalue weighted by Gasteiger charge is -2.14. The van der Waals surface area contributed by atoms with Crippen LogP contribution in [0.4, 0.5) is 0 Å². The molecule has 3 nitrogen and oxygen atoms in total. The summed E-state index contributed by atoms with van der Waals surface area (Å²) in [4.78, 5) is 11.8. The summed E-state index contributed by atoms with van der Waals surface area (Å²) in [5.74, 6) is 1.53. The minimum atomic E-state index is 0.684. The van der Waals surface area contributed by atoms with Crippen LogP contribution in [0.3, 0.4) is 0 Å². The molecule has 0 amide bonds. The van der Waals surface area contributed by atoms with Gasteiger partial charge in [-0.2, -0.15) is 0 Å². The van der Waals surface area contributed by atoms with E-state index in [1.165, 1.54) is 0 Å². The van der Waals surface area contributed by atoms with Crippen LogP contribution >= 0.6 is 0 Å². The van der Waals surface area contributed by atoms with Crippen molar-refractivity contribution in [2.75, 3.05) is 14.2 Å². The van der Waals surface area contributed by atoms with E-state index in [0.29, 0.717) is 5.56 Å². The number of carbonyl (C=O) groups is 1. The van der Waals surface area contributed by atoms with Crippen LogP contribution in [0.5, 0.6) is 11.5 Å². The molecule has 3 aromatic rings. The lowest BCUT2D eigenvalue weighted by molar-refractivity contribution is 0.112. The van der Waals surface area contributed by atoms with Gasteiger partial charge in [0.25, 0.3) is 0 Å². The van der Waals surface area contributed by atoms with E-state index in [2.05, 4.69) is 6.07 Å². The molecule has 23 heavy (non-hydrogen) atoms. The molecule has 0 aliphatic heterocycles. The first-order chi connectivity index (χ1) is 11.2. The Hall–Kier alpha value is -2.81. The van der Waals surface area contributed by atoms with Crippen LogP contribution in [-0.2, 0) is 0 Å². The fraction of sp³-hybridized carbons (Fsp3) is 0.150. The van der Waals surface area contributed by atoms with Gasteiger partial charge in [0.15, 0.2) is 6.29 Å². The number of fused-ring (bicyclic) bond motifs is 1. The van der Waals surface area contributed by atoms with Gasteiger partial charge in [-0.3, -0.25) is 4.79 Å². The number of rotatable bonds is 4. The number of ether oxygens (including phenoxy) is 2. The van der Waals surface area contributed by atoms with Crippen LogP contribution in [-0.4, -0.2) is 20.5 Å². The topological polar surface area (TPSA) is 35.5 Å². The smallest absolute Gasteiger partial charge is 0.151 e. The van der Waals surface area contributed by atoms with Crippen LogP contribution in [0.15, 0.2) is 48.5 Å². The number of benzene rings is 3. The standard InChI is InChI=1S/C20H18O3/c1-13-10-15-6-9-17(23-3)11-18(15)19(12-21)20(13)14-4-7-16(22-2)8-5-14/h4-12H,1-3H3. The highest BCUT2D eigenvalue weighted by atomic mass is 16.5. The van der Waals surface area contributed by atoms with Crippen molar-refractivity contribution in [1.82, 2.24) is 0 Å². The first-order valence-electron chi connectivity index (χ1n) is 7.39. The average molecular weight is 306 g/mol. The maximum Gasteiger partial charge on any atom is 0.151 e. The Morgan fingerprint density at radius 2 is 1.52 bits per heavy atom. The Morgan fingerprint density at radius 1 is 0.870 bits per heavy atom. The summed E-state index contributed by atoms with van der Waals surface area (Å²) in [5.41, 5.74) is 3.69. The number of hydrogen-bond acceptors (Lipinski definition) is 3. The third-order valence-corrected chi connectivity index (χ3v) is 4.08. The molecule has 0 heterocycles. The first kappa shape index (κ1) is 15.1. The van der Waals surface area contributed by atoms with E-state index < -0.39 is 0 Å². The van der Waals surface area contributed by atoms with Crippen molar-refractivity contribution in [3.8, 4) is 22.6 Å². The van der Waals surface area contributed by atoms with Gasteiger partial charge in [0.2, 0.25) is 0 Å². The molecular weight excluding hydrogens is 288 g/mol. The molecule has 0 unspecified atom stereocenters. The van der Waals surface area contributed by atoms with E-state index in [4.69, 9.17) is 9.47 Å². The zero-order chi connectivity index (χ0) is 16.4. The van der Waals surface area contributed by atoms with Crippen LogP contribution in [0, 0.1) is 6.92 Å². The Labute approximate surface area is 135 Å². The zero-order valence-electron chi connectivity index (χ0n) is 13.4. The average Bonchev–Trinajstić information content (AvgIpc) is 2.60. The minimum absolute atomic E-state index is 0.684. The molecule has 0 atom stereocenters. The summed E-state index contributed by atoms with van der Waals surface area (Å²) in [6.45, 7) is 2.02. The molecule has 116 valence electrons. The van der Waals surface area contributed by atoms with Crippen LogP contribution in [0.25, 0.3) is 21.9 Å². The second-order valence-corrected chi connectivity index (χ2v) is 5.42. The summed E-state index contributed by atoms with van der Waals surface area (Å²) in [7, 11) is 3.26. The molecule has 0 saturated heterocycles. The monoisotopic (exact) mass is 306 g/mol. The number of methoxy groups -OCH3 is 2. The number of aldehydes is 1. The highest BCUT2D eigenvalue weighted by Gasteiger charge is 2.13. The molecule has 0 spiro atoms. The molecule has 0 saturated carbocycles. The maximum atomic E-state index is 11.8. The quantitative estimate of drug-likeness (QED) is 0.658. The predicted molar refractivity (Wildman–Crippen MR) is 92.6 cm³/mol. The van der Waals surface area contributed by atoms with Gasteiger partial charge >= 0.3 is 0 Å². The van der Waals surface area contributed by atoms with Gasteiger partial charge in [0.1, 0.15) is 11.5 Å². The molecule has 3 heteroatoms. The second-order valence-electron chi connectivity index (χ2n) is 5.42. The zero-order valence-corrected chi connectivity index (χ0v) is 13.4. The van der Waals surface area contributed by atoms with Gasteiger partial charge < -0.3 is 9.47 Å². The first-order valence-corrected chi connectivity index (χ1v) is 7.39. The molecule has 0 N–H and O–H groups in total. The van der Waals surface area contributed by atoms with Gasteiger partial charge in [-0.15, -0.1) is 0 Å². The van der Waals surface area contributed by atoms with Crippen molar-refractivity contribution in [3.05, 3.63) is 59.7 Å². The van der Waals surface area contributed by atoms with E-state index in [0.717, 1.165) is 45.2 Å². The molecule has 0 bridgehead atoms. The lowest BCUT2D eigenvalue weighted by Crippen LogP contribution is -1.95. The van der Waals surface area contributed by atoms with Gasteiger partial charge in [0, 0.05) is 5.56 Å². The van der Waals surface area contributed by atoms with E-state index in [1.807, 2.05) is 49.4 Å².